The Morgan fingerprint density at radius 1 is 1.14 bits per heavy atom. The van der Waals surface area contributed by atoms with Crippen LogP contribution in [0.2, 0.25) is 10.0 Å². The van der Waals surface area contributed by atoms with Gasteiger partial charge in [-0.25, -0.2) is 4.68 Å². The number of hydrogen-bond donors (Lipinski definition) is 1. The summed E-state index contributed by atoms with van der Waals surface area (Å²) in [4.78, 5) is 14.2. The van der Waals surface area contributed by atoms with Crippen molar-refractivity contribution in [3.8, 4) is 0 Å². The Morgan fingerprint density at radius 2 is 1.86 bits per heavy atom. The first kappa shape index (κ1) is 19.4. The maximum atomic E-state index is 13.7. The molecular weight excluding hydrogens is 416 g/mol. The Morgan fingerprint density at radius 3 is 2.50 bits per heavy atom. The third-order valence-corrected chi connectivity index (χ3v) is 5.89. The van der Waals surface area contributed by atoms with E-state index in [9.17, 15) is 18.0 Å². The van der Waals surface area contributed by atoms with E-state index in [2.05, 4.69) is 10.4 Å². The van der Waals surface area contributed by atoms with E-state index >= 15 is 0 Å². The second kappa shape index (κ2) is 7.15. The highest BCUT2D eigenvalue weighted by atomic mass is 35.5. The van der Waals surface area contributed by atoms with E-state index in [0.717, 1.165) is 17.5 Å². The second-order valence-electron chi connectivity index (χ2n) is 7.02. The van der Waals surface area contributed by atoms with Gasteiger partial charge in [-0.3, -0.25) is 4.79 Å². The molecule has 150 valence electrons. The number of carbonyl (C=O) groups excluding carboxylic acids is 1. The number of hydrogen-bond acceptors (Lipinski definition) is 3. The Labute approximate surface area is 169 Å². The van der Waals surface area contributed by atoms with Gasteiger partial charge in [-0.1, -0.05) is 29.3 Å². The first-order valence-corrected chi connectivity index (χ1v) is 9.66. The summed E-state index contributed by atoms with van der Waals surface area (Å²) >= 11 is 11.9. The number of aromatic nitrogens is 2. The maximum Gasteiger partial charge on any atom is 0.410 e. The molecule has 0 bridgehead atoms. The molecule has 1 saturated heterocycles. The zero-order valence-corrected chi connectivity index (χ0v) is 16.2. The van der Waals surface area contributed by atoms with Crippen molar-refractivity contribution in [2.24, 2.45) is 0 Å². The van der Waals surface area contributed by atoms with Crippen LogP contribution in [0.4, 0.5) is 19.0 Å². The molecule has 1 fully saturated rings. The SMILES string of the molecule is O=C(c1cc2n(n1)[C@@H](C(F)(F)F)C[C@H](c1ccc(Cl)c(Cl)c1)N2)N1CCCC1. The highest BCUT2D eigenvalue weighted by Crippen LogP contribution is 2.44. The summed E-state index contributed by atoms with van der Waals surface area (Å²) in [5.41, 5.74) is 0.608. The van der Waals surface area contributed by atoms with Crippen molar-refractivity contribution in [2.75, 3.05) is 18.4 Å². The molecule has 4 rings (SSSR count). The summed E-state index contributed by atoms with van der Waals surface area (Å²) in [6.07, 6.45) is -3.00. The number of nitrogens with zero attached hydrogens (tertiary/aromatic N) is 3. The van der Waals surface area contributed by atoms with Crippen molar-refractivity contribution in [1.29, 1.82) is 0 Å². The Balaban J connectivity index is 1.69. The molecule has 0 radical (unpaired) electrons. The van der Waals surface area contributed by atoms with E-state index in [1.807, 2.05) is 0 Å². The molecule has 2 aromatic rings. The number of likely N-dealkylation sites (tertiary alicyclic amines) is 1. The lowest BCUT2D eigenvalue weighted by Gasteiger charge is -2.33. The largest absolute Gasteiger partial charge is 0.410 e. The number of rotatable bonds is 2. The molecule has 0 aliphatic carbocycles. The van der Waals surface area contributed by atoms with Crippen LogP contribution >= 0.6 is 23.2 Å². The van der Waals surface area contributed by atoms with Gasteiger partial charge in [0, 0.05) is 25.6 Å². The van der Waals surface area contributed by atoms with Crippen LogP contribution in [0.3, 0.4) is 0 Å². The van der Waals surface area contributed by atoms with Crippen LogP contribution in [0, 0.1) is 0 Å². The van der Waals surface area contributed by atoms with Crippen molar-refractivity contribution in [1.82, 2.24) is 14.7 Å². The zero-order chi connectivity index (χ0) is 20.1. The minimum absolute atomic E-state index is 0.0217. The number of fused-ring (bicyclic) bond motifs is 1. The summed E-state index contributed by atoms with van der Waals surface area (Å²) < 4.78 is 42.1. The number of nitrogens with one attached hydrogen (secondary N) is 1. The molecular formula is C18H17Cl2F3N4O. The van der Waals surface area contributed by atoms with Crippen molar-refractivity contribution >= 4 is 34.9 Å². The molecule has 2 aliphatic heterocycles. The molecule has 1 aromatic carbocycles. The van der Waals surface area contributed by atoms with Crippen molar-refractivity contribution < 1.29 is 18.0 Å². The van der Waals surface area contributed by atoms with E-state index in [1.54, 1.807) is 23.1 Å². The first-order chi connectivity index (χ1) is 13.2. The van der Waals surface area contributed by atoms with Gasteiger partial charge in [-0.2, -0.15) is 18.3 Å². The molecule has 2 atom stereocenters. The molecule has 1 amide bonds. The van der Waals surface area contributed by atoms with Gasteiger partial charge in [0.1, 0.15) is 5.82 Å². The van der Waals surface area contributed by atoms with Gasteiger partial charge in [0.15, 0.2) is 11.7 Å². The number of carbonyl (C=O) groups is 1. The van der Waals surface area contributed by atoms with Crippen LogP contribution in [0.5, 0.6) is 0 Å². The van der Waals surface area contributed by atoms with Gasteiger partial charge in [0.25, 0.3) is 5.91 Å². The molecule has 3 heterocycles. The number of benzene rings is 1. The monoisotopic (exact) mass is 432 g/mol. The van der Waals surface area contributed by atoms with E-state index in [4.69, 9.17) is 23.2 Å². The van der Waals surface area contributed by atoms with E-state index < -0.39 is 18.3 Å². The lowest BCUT2D eigenvalue weighted by molar-refractivity contribution is -0.173. The van der Waals surface area contributed by atoms with Crippen molar-refractivity contribution in [3.63, 3.8) is 0 Å². The van der Waals surface area contributed by atoms with Gasteiger partial charge < -0.3 is 10.2 Å². The normalized spacial score (nSPS) is 22.1. The van der Waals surface area contributed by atoms with Crippen LogP contribution in [-0.4, -0.2) is 39.9 Å². The fraction of sp³-hybridized carbons (Fsp3) is 0.444. The smallest absolute Gasteiger partial charge is 0.363 e. The highest BCUT2D eigenvalue weighted by Gasteiger charge is 2.47. The number of amides is 1. The molecule has 28 heavy (non-hydrogen) atoms. The van der Waals surface area contributed by atoms with Gasteiger partial charge in [0.2, 0.25) is 0 Å². The van der Waals surface area contributed by atoms with Gasteiger partial charge in [-0.15, -0.1) is 0 Å². The maximum absolute atomic E-state index is 13.7. The van der Waals surface area contributed by atoms with Gasteiger partial charge in [-0.05, 0) is 30.5 Å². The topological polar surface area (TPSA) is 50.2 Å². The standard InChI is InChI=1S/C18H17Cl2F3N4O/c19-11-4-3-10(7-12(11)20)13-8-15(18(21,22)23)27-16(24-13)9-14(25-27)17(28)26-5-1-2-6-26/h3-4,7,9,13,15,24H,1-2,5-6,8H2/t13-,15-/m1/s1. The quantitative estimate of drug-likeness (QED) is 0.718. The minimum Gasteiger partial charge on any atom is -0.363 e. The second-order valence-corrected chi connectivity index (χ2v) is 7.84. The van der Waals surface area contributed by atoms with Crippen LogP contribution in [0.1, 0.15) is 47.4 Å². The summed E-state index contributed by atoms with van der Waals surface area (Å²) in [6, 6.07) is 3.66. The summed E-state index contributed by atoms with van der Waals surface area (Å²) in [7, 11) is 0. The van der Waals surface area contributed by atoms with E-state index in [-0.39, 0.29) is 28.9 Å². The Bertz CT molecular complexity index is 909. The predicted octanol–water partition coefficient (Wildman–Crippen LogP) is 5.09. The highest BCUT2D eigenvalue weighted by molar-refractivity contribution is 6.42. The lowest BCUT2D eigenvalue weighted by atomic mass is 9.97. The molecule has 1 aromatic heterocycles. The minimum atomic E-state index is -4.51. The molecule has 1 N–H and O–H groups in total. The zero-order valence-electron chi connectivity index (χ0n) is 14.6. The molecule has 10 heteroatoms. The van der Waals surface area contributed by atoms with Crippen LogP contribution < -0.4 is 5.32 Å². The molecule has 0 unspecified atom stereocenters. The lowest BCUT2D eigenvalue weighted by Crippen LogP contribution is -2.36. The van der Waals surface area contributed by atoms with Crippen LogP contribution in [-0.2, 0) is 0 Å². The van der Waals surface area contributed by atoms with Crippen LogP contribution in [0.15, 0.2) is 24.3 Å². The Kier molecular flexibility index (Phi) is 4.95. The summed E-state index contributed by atoms with van der Waals surface area (Å²) in [5, 5.41) is 7.66. The average Bonchev–Trinajstić information content (AvgIpc) is 3.31. The van der Waals surface area contributed by atoms with Crippen LogP contribution in [0.25, 0.3) is 0 Å². The van der Waals surface area contributed by atoms with Gasteiger partial charge in [0.05, 0.1) is 16.1 Å². The third-order valence-electron chi connectivity index (χ3n) is 5.15. The predicted molar refractivity (Wildman–Crippen MR) is 99.9 cm³/mol. The molecule has 2 aliphatic rings. The van der Waals surface area contributed by atoms with E-state index in [0.29, 0.717) is 23.7 Å². The number of alkyl halides is 3. The third kappa shape index (κ3) is 3.55. The number of anilines is 1. The van der Waals surface area contributed by atoms with Gasteiger partial charge >= 0.3 is 6.18 Å². The molecule has 5 nitrogen and oxygen atoms in total. The summed E-state index contributed by atoms with van der Waals surface area (Å²) in [5.74, 6) is -0.180. The fourth-order valence-electron chi connectivity index (χ4n) is 3.71. The van der Waals surface area contributed by atoms with E-state index in [1.165, 1.54) is 6.07 Å². The first-order valence-electron chi connectivity index (χ1n) is 8.91. The number of halogens is 5. The summed E-state index contributed by atoms with van der Waals surface area (Å²) in [6.45, 7) is 1.20. The fourth-order valence-corrected chi connectivity index (χ4v) is 4.01. The average molecular weight is 433 g/mol. The Hall–Kier alpha value is -1.93. The van der Waals surface area contributed by atoms with Crippen molar-refractivity contribution in [3.05, 3.63) is 45.6 Å². The molecule has 0 spiro atoms. The molecule has 0 saturated carbocycles. The van der Waals surface area contributed by atoms with Crippen molar-refractivity contribution in [2.45, 2.75) is 37.5 Å².